The van der Waals surface area contributed by atoms with Gasteiger partial charge in [-0.3, -0.25) is 4.79 Å². The van der Waals surface area contributed by atoms with E-state index in [0.29, 0.717) is 12.0 Å². The Labute approximate surface area is 127 Å². The maximum Gasteiger partial charge on any atom is 0.416 e. The standard InChI is InChI=1S/C12H8Cl2F3N3O/c1-5-7(4-21)11(18)20(19-5)10-8(13)2-6(3-9(10)14)12(15,16)17/h2-4H,18H2,1H3. The van der Waals surface area contributed by atoms with E-state index in [0.717, 1.165) is 16.8 Å². The van der Waals surface area contributed by atoms with E-state index >= 15 is 0 Å². The van der Waals surface area contributed by atoms with E-state index < -0.39 is 11.7 Å². The van der Waals surface area contributed by atoms with Crippen LogP contribution in [0.1, 0.15) is 21.6 Å². The van der Waals surface area contributed by atoms with Crippen LogP contribution in [0.2, 0.25) is 10.0 Å². The first kappa shape index (κ1) is 15.7. The number of aryl methyl sites for hydroxylation is 1. The zero-order chi connectivity index (χ0) is 15.9. The highest BCUT2D eigenvalue weighted by Gasteiger charge is 2.32. The first-order valence-electron chi connectivity index (χ1n) is 5.53. The van der Waals surface area contributed by atoms with Crippen LogP contribution in [0.25, 0.3) is 5.69 Å². The molecule has 112 valence electrons. The van der Waals surface area contributed by atoms with Crippen LogP contribution < -0.4 is 5.73 Å². The van der Waals surface area contributed by atoms with E-state index in [1.807, 2.05) is 0 Å². The number of nitrogen functional groups attached to an aromatic ring is 1. The molecule has 0 aliphatic carbocycles. The summed E-state index contributed by atoms with van der Waals surface area (Å²) in [6.07, 6.45) is -4.08. The number of aromatic nitrogens is 2. The Hall–Kier alpha value is -1.73. The molecule has 0 aliphatic rings. The number of anilines is 1. The Morgan fingerprint density at radius 2 is 1.81 bits per heavy atom. The first-order chi connectivity index (χ1) is 9.66. The van der Waals surface area contributed by atoms with Crippen LogP contribution in [-0.4, -0.2) is 16.1 Å². The fraction of sp³-hybridized carbons (Fsp3) is 0.167. The molecule has 0 atom stereocenters. The third-order valence-corrected chi connectivity index (χ3v) is 3.39. The molecule has 9 heteroatoms. The third kappa shape index (κ3) is 2.71. The van der Waals surface area contributed by atoms with Gasteiger partial charge in [-0.2, -0.15) is 18.3 Å². The molecule has 0 saturated heterocycles. The third-order valence-electron chi connectivity index (χ3n) is 2.82. The highest BCUT2D eigenvalue weighted by Crippen LogP contribution is 2.38. The SMILES string of the molecule is Cc1nn(-c2c(Cl)cc(C(F)(F)F)cc2Cl)c(N)c1C=O. The molecule has 1 aromatic carbocycles. The summed E-state index contributed by atoms with van der Waals surface area (Å²) in [4.78, 5) is 10.9. The van der Waals surface area contributed by atoms with Gasteiger partial charge in [0.05, 0.1) is 26.9 Å². The second kappa shape index (κ2) is 5.23. The molecule has 0 aliphatic heterocycles. The largest absolute Gasteiger partial charge is 0.416 e. The van der Waals surface area contributed by atoms with Crippen LogP contribution in [0.4, 0.5) is 19.0 Å². The zero-order valence-corrected chi connectivity index (χ0v) is 12.0. The maximum atomic E-state index is 12.7. The number of hydrogen-bond donors (Lipinski definition) is 1. The van der Waals surface area contributed by atoms with Crippen molar-refractivity contribution in [3.05, 3.63) is 39.0 Å². The molecule has 1 aromatic heterocycles. The van der Waals surface area contributed by atoms with Crippen LogP contribution in [0.5, 0.6) is 0 Å². The average molecular weight is 338 g/mol. The predicted octanol–water partition coefficient (Wildman–Crippen LogP) is 3.90. The highest BCUT2D eigenvalue weighted by molar-refractivity contribution is 6.38. The second-order valence-electron chi connectivity index (χ2n) is 4.20. The number of rotatable bonds is 2. The van der Waals surface area contributed by atoms with Crippen molar-refractivity contribution in [1.82, 2.24) is 9.78 Å². The van der Waals surface area contributed by atoms with Crippen LogP contribution in [0.3, 0.4) is 0 Å². The van der Waals surface area contributed by atoms with Gasteiger partial charge in [0.15, 0.2) is 6.29 Å². The van der Waals surface area contributed by atoms with Crippen molar-refractivity contribution in [2.45, 2.75) is 13.1 Å². The van der Waals surface area contributed by atoms with Crippen LogP contribution in [0.15, 0.2) is 12.1 Å². The Balaban J connectivity index is 2.69. The number of aldehydes is 1. The van der Waals surface area contributed by atoms with Gasteiger partial charge in [-0.25, -0.2) is 4.68 Å². The molecule has 0 radical (unpaired) electrons. The molecule has 0 fully saturated rings. The predicted molar refractivity (Wildman–Crippen MR) is 73.1 cm³/mol. The van der Waals surface area contributed by atoms with Crippen molar-refractivity contribution in [2.75, 3.05) is 5.73 Å². The Morgan fingerprint density at radius 3 is 2.19 bits per heavy atom. The fourth-order valence-corrected chi connectivity index (χ4v) is 2.45. The van der Waals surface area contributed by atoms with Crippen molar-refractivity contribution in [2.24, 2.45) is 0 Å². The molecule has 0 bridgehead atoms. The molecule has 0 spiro atoms. The van der Waals surface area contributed by atoms with Gasteiger partial charge in [0.2, 0.25) is 0 Å². The lowest BCUT2D eigenvalue weighted by atomic mass is 10.2. The molecule has 0 unspecified atom stereocenters. The minimum Gasteiger partial charge on any atom is -0.383 e. The molecule has 0 amide bonds. The smallest absolute Gasteiger partial charge is 0.383 e. The minimum absolute atomic E-state index is 0.0139. The quantitative estimate of drug-likeness (QED) is 0.845. The summed E-state index contributed by atoms with van der Waals surface area (Å²) < 4.78 is 39.1. The summed E-state index contributed by atoms with van der Waals surface area (Å²) in [6, 6.07) is 1.44. The van der Waals surface area contributed by atoms with E-state index in [1.54, 1.807) is 0 Å². The van der Waals surface area contributed by atoms with Crippen molar-refractivity contribution in [3.63, 3.8) is 0 Å². The summed E-state index contributed by atoms with van der Waals surface area (Å²) in [5.74, 6) is -0.0499. The molecule has 1 heterocycles. The number of halogens is 5. The number of carbonyl (C=O) groups is 1. The van der Waals surface area contributed by atoms with E-state index in [-0.39, 0.29) is 27.1 Å². The van der Waals surface area contributed by atoms with E-state index in [9.17, 15) is 18.0 Å². The number of nitrogens with two attached hydrogens (primary N) is 1. The zero-order valence-electron chi connectivity index (χ0n) is 10.5. The van der Waals surface area contributed by atoms with Gasteiger partial charge >= 0.3 is 6.18 Å². The molecule has 2 N–H and O–H groups in total. The molecule has 4 nitrogen and oxygen atoms in total. The lowest BCUT2D eigenvalue weighted by molar-refractivity contribution is -0.137. The number of hydrogen-bond acceptors (Lipinski definition) is 3. The van der Waals surface area contributed by atoms with Crippen LogP contribution in [-0.2, 0) is 6.18 Å². The first-order valence-corrected chi connectivity index (χ1v) is 6.29. The molecule has 2 rings (SSSR count). The Morgan fingerprint density at radius 1 is 1.29 bits per heavy atom. The lowest BCUT2D eigenvalue weighted by Crippen LogP contribution is -2.08. The number of benzene rings is 1. The van der Waals surface area contributed by atoms with Gasteiger partial charge in [0.25, 0.3) is 0 Å². The van der Waals surface area contributed by atoms with Crippen molar-refractivity contribution in [1.29, 1.82) is 0 Å². The van der Waals surface area contributed by atoms with Gasteiger partial charge in [-0.1, -0.05) is 23.2 Å². The Kier molecular flexibility index (Phi) is 3.90. The van der Waals surface area contributed by atoms with E-state index in [1.165, 1.54) is 6.92 Å². The summed E-state index contributed by atoms with van der Waals surface area (Å²) in [5.41, 5.74) is 5.18. The van der Waals surface area contributed by atoms with Crippen LogP contribution >= 0.6 is 23.2 Å². The highest BCUT2D eigenvalue weighted by atomic mass is 35.5. The summed E-state index contributed by atoms with van der Waals surface area (Å²) in [6.45, 7) is 1.53. The molecular weight excluding hydrogens is 330 g/mol. The van der Waals surface area contributed by atoms with Gasteiger partial charge in [-0.05, 0) is 19.1 Å². The second-order valence-corrected chi connectivity index (χ2v) is 5.01. The van der Waals surface area contributed by atoms with Crippen LogP contribution in [0, 0.1) is 6.92 Å². The van der Waals surface area contributed by atoms with Crippen molar-refractivity contribution < 1.29 is 18.0 Å². The normalized spacial score (nSPS) is 11.7. The van der Waals surface area contributed by atoms with Gasteiger partial charge in [-0.15, -0.1) is 0 Å². The summed E-state index contributed by atoms with van der Waals surface area (Å²) in [7, 11) is 0. The molecule has 21 heavy (non-hydrogen) atoms. The fourth-order valence-electron chi connectivity index (χ4n) is 1.80. The molecule has 0 saturated carbocycles. The molecular formula is C12H8Cl2F3N3O. The van der Waals surface area contributed by atoms with Gasteiger partial charge in [0, 0.05) is 0 Å². The number of nitrogens with zero attached hydrogens (tertiary/aromatic N) is 2. The van der Waals surface area contributed by atoms with Crippen molar-refractivity contribution >= 4 is 35.3 Å². The average Bonchev–Trinajstić information content (AvgIpc) is 2.62. The van der Waals surface area contributed by atoms with Gasteiger partial charge in [0.1, 0.15) is 11.5 Å². The number of carbonyl (C=O) groups excluding carboxylic acids is 1. The molecule has 2 aromatic rings. The monoisotopic (exact) mass is 337 g/mol. The van der Waals surface area contributed by atoms with E-state index in [4.69, 9.17) is 28.9 Å². The maximum absolute atomic E-state index is 12.7. The topological polar surface area (TPSA) is 60.9 Å². The van der Waals surface area contributed by atoms with Gasteiger partial charge < -0.3 is 5.73 Å². The summed E-state index contributed by atoms with van der Waals surface area (Å²) in [5, 5.41) is 3.42. The van der Waals surface area contributed by atoms with E-state index in [2.05, 4.69) is 5.10 Å². The number of alkyl halides is 3. The minimum atomic E-state index is -4.58. The summed E-state index contributed by atoms with van der Waals surface area (Å²) >= 11 is 11.7. The lowest BCUT2D eigenvalue weighted by Gasteiger charge is -2.13. The van der Waals surface area contributed by atoms with Crippen molar-refractivity contribution in [3.8, 4) is 5.69 Å². The Bertz CT molecular complexity index is 702.